The number of aromatic nitrogens is 4. The van der Waals surface area contributed by atoms with Crippen LogP contribution < -0.4 is 4.90 Å². The number of amides is 1. The third-order valence-electron chi connectivity index (χ3n) is 4.47. The number of aryl methyl sites for hydroxylation is 1. The van der Waals surface area contributed by atoms with Crippen molar-refractivity contribution in [2.75, 3.05) is 50.9 Å². The number of fused-ring (bicyclic) bond motifs is 1. The molecule has 9 heteroatoms. The van der Waals surface area contributed by atoms with E-state index in [0.29, 0.717) is 46.0 Å². The molecule has 9 nitrogen and oxygen atoms in total. The molecule has 1 unspecified atom stereocenters. The van der Waals surface area contributed by atoms with Crippen LogP contribution in [0.2, 0.25) is 0 Å². The van der Waals surface area contributed by atoms with Gasteiger partial charge in [0.1, 0.15) is 12.1 Å². The second-order valence-corrected chi connectivity index (χ2v) is 5.95. The van der Waals surface area contributed by atoms with Crippen molar-refractivity contribution >= 4 is 22.8 Å². The molecule has 0 aliphatic carbocycles. The number of carbonyl (C=O) groups is 1. The quantitative estimate of drug-likeness (QED) is 0.728. The average Bonchev–Trinajstić information content (AvgIpc) is 3.03. The summed E-state index contributed by atoms with van der Waals surface area (Å²) in [4.78, 5) is 25.2. The maximum absolute atomic E-state index is 12.7. The Hall–Kier alpha value is -2.26. The lowest BCUT2D eigenvalue weighted by atomic mass is 10.2. The summed E-state index contributed by atoms with van der Waals surface area (Å²) in [5.41, 5.74) is 0.780. The first kappa shape index (κ1) is 15.3. The van der Waals surface area contributed by atoms with Crippen LogP contribution >= 0.6 is 0 Å². The highest BCUT2D eigenvalue weighted by molar-refractivity contribution is 5.87. The lowest BCUT2D eigenvalue weighted by Gasteiger charge is -2.36. The summed E-state index contributed by atoms with van der Waals surface area (Å²) in [6.45, 7) is 4.09. The standard InChI is InChI=1S/C15H20N6O3/c1-19-13-11(8-18-19)14(17-10-16-13)21-4-7-24-12(9-21)15(22)20-2-5-23-6-3-20/h8,10,12H,2-7,9H2,1H3. The molecule has 0 aromatic carbocycles. The van der Waals surface area contributed by atoms with Gasteiger partial charge in [0.2, 0.25) is 0 Å². The molecule has 2 aromatic rings. The molecule has 0 spiro atoms. The number of morpholine rings is 2. The van der Waals surface area contributed by atoms with Gasteiger partial charge >= 0.3 is 0 Å². The third kappa shape index (κ3) is 2.69. The van der Waals surface area contributed by atoms with Crippen molar-refractivity contribution in [2.24, 2.45) is 7.05 Å². The lowest BCUT2D eigenvalue weighted by Crippen LogP contribution is -2.53. The lowest BCUT2D eigenvalue weighted by molar-refractivity contribution is -0.148. The number of ether oxygens (including phenoxy) is 2. The number of anilines is 1. The fourth-order valence-corrected chi connectivity index (χ4v) is 3.18. The molecule has 2 aliphatic rings. The maximum atomic E-state index is 12.7. The largest absolute Gasteiger partial charge is 0.378 e. The minimum atomic E-state index is -0.474. The molecule has 1 amide bonds. The van der Waals surface area contributed by atoms with E-state index in [2.05, 4.69) is 20.0 Å². The molecule has 0 saturated carbocycles. The average molecular weight is 332 g/mol. The normalized spacial score (nSPS) is 22.1. The van der Waals surface area contributed by atoms with E-state index in [0.717, 1.165) is 16.9 Å². The predicted octanol–water partition coefficient (Wildman–Crippen LogP) is -0.573. The first-order chi connectivity index (χ1) is 11.7. The molecule has 0 bridgehead atoms. The second kappa shape index (κ2) is 6.33. The molecule has 2 saturated heterocycles. The van der Waals surface area contributed by atoms with Crippen LogP contribution in [0.3, 0.4) is 0 Å². The Bertz CT molecular complexity index is 742. The van der Waals surface area contributed by atoms with Gasteiger partial charge in [0.15, 0.2) is 11.8 Å². The second-order valence-electron chi connectivity index (χ2n) is 5.95. The Kier molecular flexibility index (Phi) is 4.03. The molecule has 4 rings (SSSR count). The Balaban J connectivity index is 1.54. The minimum Gasteiger partial charge on any atom is -0.378 e. The van der Waals surface area contributed by atoms with E-state index in [1.165, 1.54) is 6.33 Å². The van der Waals surface area contributed by atoms with Crippen molar-refractivity contribution in [3.05, 3.63) is 12.5 Å². The number of carbonyl (C=O) groups excluding carboxylic acids is 1. The molecule has 2 fully saturated rings. The highest BCUT2D eigenvalue weighted by Crippen LogP contribution is 2.24. The molecule has 2 aromatic heterocycles. The molecule has 4 heterocycles. The zero-order valence-corrected chi connectivity index (χ0v) is 13.6. The summed E-state index contributed by atoms with van der Waals surface area (Å²) < 4.78 is 12.8. The molecule has 2 aliphatic heterocycles. The van der Waals surface area contributed by atoms with E-state index in [-0.39, 0.29) is 5.91 Å². The van der Waals surface area contributed by atoms with Gasteiger partial charge < -0.3 is 19.3 Å². The van der Waals surface area contributed by atoms with E-state index in [9.17, 15) is 4.79 Å². The van der Waals surface area contributed by atoms with Crippen molar-refractivity contribution in [3.8, 4) is 0 Å². The molecule has 24 heavy (non-hydrogen) atoms. The van der Waals surface area contributed by atoms with Crippen molar-refractivity contribution in [3.63, 3.8) is 0 Å². The molecular formula is C15H20N6O3. The monoisotopic (exact) mass is 332 g/mol. The number of nitrogens with zero attached hydrogens (tertiary/aromatic N) is 6. The van der Waals surface area contributed by atoms with E-state index in [4.69, 9.17) is 9.47 Å². The van der Waals surface area contributed by atoms with Crippen LogP contribution in [-0.2, 0) is 21.3 Å². The van der Waals surface area contributed by atoms with Crippen LogP contribution in [0, 0.1) is 0 Å². The number of hydrogen-bond donors (Lipinski definition) is 0. The fraction of sp³-hybridized carbons (Fsp3) is 0.600. The smallest absolute Gasteiger partial charge is 0.253 e. The van der Waals surface area contributed by atoms with Gasteiger partial charge in [-0.05, 0) is 0 Å². The first-order valence-corrected chi connectivity index (χ1v) is 8.10. The van der Waals surface area contributed by atoms with Crippen LogP contribution in [0.5, 0.6) is 0 Å². The van der Waals surface area contributed by atoms with Gasteiger partial charge in [0, 0.05) is 26.7 Å². The highest BCUT2D eigenvalue weighted by Gasteiger charge is 2.32. The van der Waals surface area contributed by atoms with Crippen molar-refractivity contribution < 1.29 is 14.3 Å². The molecule has 1 atom stereocenters. The van der Waals surface area contributed by atoms with Gasteiger partial charge in [0.25, 0.3) is 5.91 Å². The summed E-state index contributed by atoms with van der Waals surface area (Å²) in [7, 11) is 1.85. The Morgan fingerprint density at radius 2 is 2.04 bits per heavy atom. The van der Waals surface area contributed by atoms with Crippen LogP contribution in [0.25, 0.3) is 11.0 Å². The van der Waals surface area contributed by atoms with Crippen LogP contribution in [0.1, 0.15) is 0 Å². The predicted molar refractivity (Wildman–Crippen MR) is 85.7 cm³/mol. The summed E-state index contributed by atoms with van der Waals surface area (Å²) in [5, 5.41) is 5.13. The van der Waals surface area contributed by atoms with Gasteiger partial charge in [-0.25, -0.2) is 9.97 Å². The minimum absolute atomic E-state index is 0.0273. The van der Waals surface area contributed by atoms with Crippen molar-refractivity contribution in [1.82, 2.24) is 24.6 Å². The summed E-state index contributed by atoms with van der Waals surface area (Å²) >= 11 is 0. The fourth-order valence-electron chi connectivity index (χ4n) is 3.18. The summed E-state index contributed by atoms with van der Waals surface area (Å²) in [5.74, 6) is 0.829. The zero-order chi connectivity index (χ0) is 16.5. The van der Waals surface area contributed by atoms with Crippen LogP contribution in [0.4, 0.5) is 5.82 Å². The highest BCUT2D eigenvalue weighted by atomic mass is 16.5. The van der Waals surface area contributed by atoms with Crippen molar-refractivity contribution in [2.45, 2.75) is 6.10 Å². The van der Waals surface area contributed by atoms with E-state index < -0.39 is 6.10 Å². The van der Waals surface area contributed by atoms with Gasteiger partial charge in [0.05, 0.1) is 37.9 Å². The Morgan fingerprint density at radius 1 is 1.21 bits per heavy atom. The molecule has 0 radical (unpaired) electrons. The van der Waals surface area contributed by atoms with Gasteiger partial charge in [-0.15, -0.1) is 0 Å². The Morgan fingerprint density at radius 3 is 2.88 bits per heavy atom. The molecule has 0 N–H and O–H groups in total. The van der Waals surface area contributed by atoms with Gasteiger partial charge in [-0.1, -0.05) is 0 Å². The number of hydrogen-bond acceptors (Lipinski definition) is 7. The third-order valence-corrected chi connectivity index (χ3v) is 4.47. The summed E-state index contributed by atoms with van der Waals surface area (Å²) in [6.07, 6.45) is 2.82. The SMILES string of the molecule is Cn1ncc2c(N3CCOC(C(=O)N4CCOCC4)C3)ncnc21. The molecule has 128 valence electrons. The zero-order valence-electron chi connectivity index (χ0n) is 13.6. The summed E-state index contributed by atoms with van der Waals surface area (Å²) in [6, 6.07) is 0. The van der Waals surface area contributed by atoms with E-state index in [1.807, 2.05) is 11.9 Å². The van der Waals surface area contributed by atoms with E-state index in [1.54, 1.807) is 10.9 Å². The van der Waals surface area contributed by atoms with Crippen LogP contribution in [0.15, 0.2) is 12.5 Å². The Labute approximate surface area is 139 Å². The van der Waals surface area contributed by atoms with Gasteiger partial charge in [-0.3, -0.25) is 9.48 Å². The maximum Gasteiger partial charge on any atom is 0.253 e. The topological polar surface area (TPSA) is 85.6 Å². The van der Waals surface area contributed by atoms with E-state index >= 15 is 0 Å². The van der Waals surface area contributed by atoms with Crippen LogP contribution in [-0.4, -0.2) is 82.7 Å². The van der Waals surface area contributed by atoms with Gasteiger partial charge in [-0.2, -0.15) is 5.10 Å². The van der Waals surface area contributed by atoms with Crippen molar-refractivity contribution in [1.29, 1.82) is 0 Å². The first-order valence-electron chi connectivity index (χ1n) is 8.10. The number of rotatable bonds is 2. The molecular weight excluding hydrogens is 312 g/mol.